The predicted octanol–water partition coefficient (Wildman–Crippen LogP) is 2.10. The first kappa shape index (κ1) is 11.5. The van der Waals surface area contributed by atoms with Gasteiger partial charge in [-0.05, 0) is 25.1 Å². The molecule has 6 nitrogen and oxygen atoms in total. The highest BCUT2D eigenvalue weighted by Crippen LogP contribution is 2.18. The number of fused-ring (bicyclic) bond motifs is 1. The first-order valence-corrected chi connectivity index (χ1v) is 5.88. The summed E-state index contributed by atoms with van der Waals surface area (Å²) >= 11 is 0. The van der Waals surface area contributed by atoms with Crippen molar-refractivity contribution in [2.45, 2.75) is 6.92 Å². The Labute approximate surface area is 109 Å². The third-order valence-electron chi connectivity index (χ3n) is 2.84. The van der Waals surface area contributed by atoms with Crippen LogP contribution in [0.2, 0.25) is 0 Å². The highest BCUT2D eigenvalue weighted by atomic mass is 16.6. The van der Waals surface area contributed by atoms with E-state index in [2.05, 4.69) is 20.1 Å². The maximum atomic E-state index is 5.38. The van der Waals surface area contributed by atoms with Gasteiger partial charge in [0, 0.05) is 19.4 Å². The molecule has 3 aromatic heterocycles. The quantitative estimate of drug-likeness (QED) is 0.575. The van der Waals surface area contributed by atoms with Crippen molar-refractivity contribution in [1.29, 1.82) is 0 Å². The van der Waals surface area contributed by atoms with Crippen molar-refractivity contribution in [2.24, 2.45) is 12.2 Å². The van der Waals surface area contributed by atoms with Crippen molar-refractivity contribution in [1.82, 2.24) is 19.5 Å². The van der Waals surface area contributed by atoms with Crippen LogP contribution in [-0.2, 0) is 7.05 Å². The topological polar surface area (TPSA) is 68.1 Å². The van der Waals surface area contributed by atoms with Crippen molar-refractivity contribution >= 4 is 16.9 Å². The molecule has 96 valence electrons. The molecular formula is C13H13N5O. The van der Waals surface area contributed by atoms with E-state index in [1.54, 1.807) is 6.20 Å². The monoisotopic (exact) mass is 255 g/mol. The van der Waals surface area contributed by atoms with E-state index in [9.17, 15) is 0 Å². The zero-order valence-corrected chi connectivity index (χ0v) is 10.7. The van der Waals surface area contributed by atoms with Crippen LogP contribution in [0.25, 0.3) is 11.2 Å². The highest BCUT2D eigenvalue weighted by Gasteiger charge is 2.09. The van der Waals surface area contributed by atoms with Gasteiger partial charge in [0.1, 0.15) is 16.9 Å². The number of H-pyrrole nitrogens is 1. The summed E-state index contributed by atoms with van der Waals surface area (Å²) in [7, 11) is 1.87. The normalized spacial score (nSPS) is 12.0. The van der Waals surface area contributed by atoms with Gasteiger partial charge < -0.3 is 9.82 Å². The largest absolute Gasteiger partial charge is 0.346 e. The fourth-order valence-electron chi connectivity index (χ4n) is 1.80. The number of hydrogen-bond donors (Lipinski definition) is 1. The van der Waals surface area contributed by atoms with Crippen LogP contribution in [0.3, 0.4) is 0 Å². The summed E-state index contributed by atoms with van der Waals surface area (Å²) in [5, 5.41) is 4.06. The van der Waals surface area contributed by atoms with Crippen LogP contribution in [-0.4, -0.2) is 25.2 Å². The smallest absolute Gasteiger partial charge is 0.328 e. The summed E-state index contributed by atoms with van der Waals surface area (Å²) in [6.07, 6.45) is 3.56. The van der Waals surface area contributed by atoms with Crippen LogP contribution >= 0.6 is 0 Å². The van der Waals surface area contributed by atoms with E-state index >= 15 is 0 Å². The Morgan fingerprint density at radius 1 is 1.37 bits per heavy atom. The Kier molecular flexibility index (Phi) is 2.75. The minimum atomic E-state index is 0.442. The molecule has 3 aromatic rings. The van der Waals surface area contributed by atoms with E-state index in [-0.39, 0.29) is 0 Å². The maximum Gasteiger partial charge on any atom is 0.328 e. The summed E-state index contributed by atoms with van der Waals surface area (Å²) in [5.41, 5.74) is 3.23. The number of aromatic nitrogens is 4. The molecule has 6 heteroatoms. The number of pyridine rings is 1. The highest BCUT2D eigenvalue weighted by molar-refractivity contribution is 5.96. The van der Waals surface area contributed by atoms with Gasteiger partial charge in [-0.15, -0.1) is 0 Å². The van der Waals surface area contributed by atoms with Gasteiger partial charge in [0.2, 0.25) is 0 Å². The Morgan fingerprint density at radius 3 is 3.00 bits per heavy atom. The molecule has 0 spiro atoms. The number of hydrogen-bond acceptors (Lipinski definition) is 4. The average Bonchev–Trinajstić information content (AvgIpc) is 3.01. The van der Waals surface area contributed by atoms with E-state index in [4.69, 9.17) is 4.84 Å². The molecule has 0 aliphatic carbocycles. The van der Waals surface area contributed by atoms with Crippen molar-refractivity contribution < 1.29 is 4.84 Å². The van der Waals surface area contributed by atoms with Gasteiger partial charge in [0.25, 0.3) is 0 Å². The van der Waals surface area contributed by atoms with Crippen molar-refractivity contribution in [3.05, 3.63) is 42.4 Å². The Morgan fingerprint density at radius 2 is 2.26 bits per heavy atom. The first-order chi connectivity index (χ1) is 9.25. The summed E-state index contributed by atoms with van der Waals surface area (Å²) in [5.74, 6) is 0. The molecule has 0 saturated heterocycles. The molecule has 0 unspecified atom stereocenters. The van der Waals surface area contributed by atoms with E-state index < -0.39 is 0 Å². The van der Waals surface area contributed by atoms with Gasteiger partial charge >= 0.3 is 6.01 Å². The summed E-state index contributed by atoms with van der Waals surface area (Å²) in [6.45, 7) is 1.84. The number of oxime groups is 1. The second-order valence-corrected chi connectivity index (χ2v) is 4.15. The molecule has 0 atom stereocenters. The molecule has 0 bridgehead atoms. The van der Waals surface area contributed by atoms with Gasteiger partial charge in [-0.3, -0.25) is 9.55 Å². The molecule has 0 amide bonds. The molecule has 0 aliphatic heterocycles. The van der Waals surface area contributed by atoms with Crippen LogP contribution in [0.1, 0.15) is 12.6 Å². The third-order valence-corrected chi connectivity index (χ3v) is 2.84. The molecule has 1 N–H and O–H groups in total. The first-order valence-electron chi connectivity index (χ1n) is 5.88. The third kappa shape index (κ3) is 2.08. The van der Waals surface area contributed by atoms with Gasteiger partial charge in [-0.25, -0.2) is 0 Å². The summed E-state index contributed by atoms with van der Waals surface area (Å²) < 4.78 is 1.81. The van der Waals surface area contributed by atoms with Gasteiger partial charge in [0.05, 0.1) is 5.69 Å². The SMILES string of the molecule is C/C(=N\Oc1nc2cc[nH]c2n1C)c1ccccn1. The van der Waals surface area contributed by atoms with Gasteiger partial charge in [0.15, 0.2) is 0 Å². The second kappa shape index (κ2) is 4.56. The van der Waals surface area contributed by atoms with Crippen molar-refractivity contribution in [3.63, 3.8) is 0 Å². The minimum Gasteiger partial charge on any atom is -0.346 e. The summed E-state index contributed by atoms with van der Waals surface area (Å²) in [6, 6.07) is 7.98. The van der Waals surface area contributed by atoms with E-state index in [0.717, 1.165) is 16.9 Å². The lowest BCUT2D eigenvalue weighted by Gasteiger charge is -2.01. The molecule has 19 heavy (non-hydrogen) atoms. The average molecular weight is 255 g/mol. The Hall–Kier alpha value is -2.63. The lowest BCUT2D eigenvalue weighted by atomic mass is 10.3. The molecule has 0 aliphatic rings. The summed E-state index contributed by atoms with van der Waals surface area (Å²) in [4.78, 5) is 17.0. The maximum absolute atomic E-state index is 5.38. The number of aryl methyl sites for hydroxylation is 1. The van der Waals surface area contributed by atoms with Crippen LogP contribution < -0.4 is 4.84 Å². The second-order valence-electron chi connectivity index (χ2n) is 4.15. The molecule has 0 saturated carbocycles. The number of rotatable bonds is 3. The van der Waals surface area contributed by atoms with Gasteiger partial charge in [-0.1, -0.05) is 11.2 Å². The molecule has 3 heterocycles. The standard InChI is InChI=1S/C13H13N5O/c1-9(10-5-3-4-7-14-10)17-19-13-16-11-6-8-15-12(11)18(13)2/h3-8,15H,1-2H3/b17-9+. The van der Waals surface area contributed by atoms with Crippen LogP contribution in [0.5, 0.6) is 6.01 Å². The fraction of sp³-hybridized carbons (Fsp3) is 0.154. The van der Waals surface area contributed by atoms with E-state index in [1.165, 1.54) is 0 Å². The molecular weight excluding hydrogens is 242 g/mol. The van der Waals surface area contributed by atoms with Crippen LogP contribution in [0.4, 0.5) is 0 Å². The zero-order valence-electron chi connectivity index (χ0n) is 10.7. The molecule has 0 radical (unpaired) electrons. The Balaban J connectivity index is 1.85. The lowest BCUT2D eigenvalue weighted by Crippen LogP contribution is -2.02. The molecule has 3 rings (SSSR count). The van der Waals surface area contributed by atoms with Crippen LogP contribution in [0.15, 0.2) is 41.8 Å². The van der Waals surface area contributed by atoms with E-state index in [1.807, 2.05) is 49.0 Å². The van der Waals surface area contributed by atoms with Crippen LogP contribution in [0, 0.1) is 0 Å². The van der Waals surface area contributed by atoms with Crippen molar-refractivity contribution in [3.8, 4) is 6.01 Å². The number of aromatic amines is 1. The number of imidazole rings is 1. The fourth-order valence-corrected chi connectivity index (χ4v) is 1.80. The Bertz CT molecular complexity index is 726. The minimum absolute atomic E-state index is 0.442. The zero-order chi connectivity index (χ0) is 13.2. The number of nitrogens with zero attached hydrogens (tertiary/aromatic N) is 4. The number of nitrogens with one attached hydrogen (secondary N) is 1. The van der Waals surface area contributed by atoms with E-state index in [0.29, 0.717) is 11.7 Å². The van der Waals surface area contributed by atoms with Crippen molar-refractivity contribution in [2.75, 3.05) is 0 Å². The molecule has 0 fully saturated rings. The predicted molar refractivity (Wildman–Crippen MR) is 72.1 cm³/mol. The van der Waals surface area contributed by atoms with Gasteiger partial charge in [-0.2, -0.15) is 4.98 Å². The lowest BCUT2D eigenvalue weighted by molar-refractivity contribution is 0.303. The molecule has 0 aromatic carbocycles.